The monoisotopic (exact) mass is 402 g/mol. The van der Waals surface area contributed by atoms with Crippen LogP contribution in [0.3, 0.4) is 0 Å². The Morgan fingerprint density at radius 1 is 0.633 bits per heavy atom. The van der Waals surface area contributed by atoms with E-state index in [0.717, 1.165) is 16.8 Å². The molecule has 0 fully saturated rings. The van der Waals surface area contributed by atoms with Gasteiger partial charge in [0.1, 0.15) is 0 Å². The zero-order valence-corrected chi connectivity index (χ0v) is 17.0. The van der Waals surface area contributed by atoms with E-state index in [0.29, 0.717) is 5.56 Å². The summed E-state index contributed by atoms with van der Waals surface area (Å²) in [5, 5.41) is 13.7. The van der Waals surface area contributed by atoms with Gasteiger partial charge < -0.3 is 5.32 Å². The highest BCUT2D eigenvalue weighted by Crippen LogP contribution is 2.34. The highest BCUT2D eigenvalue weighted by atomic mass is 32.1. The topological polar surface area (TPSA) is 35.8 Å². The number of hydrogen-bond donors (Lipinski definition) is 1. The van der Waals surface area contributed by atoms with Gasteiger partial charge in [0.25, 0.3) is 0 Å². The van der Waals surface area contributed by atoms with Gasteiger partial charge in [-0.3, -0.25) is 0 Å². The van der Waals surface area contributed by atoms with Gasteiger partial charge in [-0.25, -0.2) is 0 Å². The summed E-state index contributed by atoms with van der Waals surface area (Å²) in [6.45, 7) is 0. The van der Waals surface area contributed by atoms with Crippen LogP contribution < -0.4 is 5.32 Å². The van der Waals surface area contributed by atoms with Crippen molar-refractivity contribution in [2.24, 2.45) is 0 Å². The molecule has 0 unspecified atom stereocenters. The van der Waals surface area contributed by atoms with Crippen molar-refractivity contribution in [2.45, 2.75) is 0 Å². The van der Waals surface area contributed by atoms with Crippen LogP contribution in [-0.4, -0.2) is 0 Å². The van der Waals surface area contributed by atoms with Crippen LogP contribution in [-0.2, 0) is 0 Å². The molecule has 0 radical (unpaired) electrons. The molecule has 142 valence electrons. The van der Waals surface area contributed by atoms with Crippen molar-refractivity contribution in [3.05, 3.63) is 109 Å². The molecular formula is C27H18N2S. The van der Waals surface area contributed by atoms with Gasteiger partial charge in [-0.1, -0.05) is 54.6 Å². The van der Waals surface area contributed by atoms with Gasteiger partial charge in [0, 0.05) is 21.0 Å². The molecule has 0 saturated heterocycles. The molecule has 3 heteroatoms. The Hall–Kier alpha value is -3.87. The average Bonchev–Trinajstić information content (AvgIpc) is 3.24. The Bertz CT molecular complexity index is 1340. The summed E-state index contributed by atoms with van der Waals surface area (Å²) in [7, 11) is 0. The minimum Gasteiger partial charge on any atom is -0.356 e. The molecule has 0 aliphatic heterocycles. The van der Waals surface area contributed by atoms with E-state index in [-0.39, 0.29) is 0 Å². The first-order valence-electron chi connectivity index (χ1n) is 9.75. The zero-order chi connectivity index (χ0) is 20.3. The summed E-state index contributed by atoms with van der Waals surface area (Å²) in [5.41, 5.74) is 6.43. The van der Waals surface area contributed by atoms with Crippen LogP contribution in [0.5, 0.6) is 0 Å². The van der Waals surface area contributed by atoms with Crippen LogP contribution in [0.25, 0.3) is 31.7 Å². The van der Waals surface area contributed by atoms with E-state index in [2.05, 4.69) is 90.2 Å². The summed E-state index contributed by atoms with van der Waals surface area (Å²) in [6, 6.07) is 37.6. The Kier molecular flexibility index (Phi) is 4.77. The van der Waals surface area contributed by atoms with Gasteiger partial charge >= 0.3 is 0 Å². The van der Waals surface area contributed by atoms with Crippen LogP contribution in [0.1, 0.15) is 5.56 Å². The lowest BCUT2D eigenvalue weighted by molar-refractivity contribution is 1.50. The van der Waals surface area contributed by atoms with E-state index >= 15 is 0 Å². The van der Waals surface area contributed by atoms with E-state index in [4.69, 9.17) is 5.26 Å². The molecule has 1 N–H and O–H groups in total. The van der Waals surface area contributed by atoms with E-state index in [9.17, 15) is 0 Å². The molecule has 1 aromatic heterocycles. The average molecular weight is 403 g/mol. The molecule has 30 heavy (non-hydrogen) atoms. The molecule has 0 amide bonds. The summed E-state index contributed by atoms with van der Waals surface area (Å²) < 4.78 is 1.20. The summed E-state index contributed by atoms with van der Waals surface area (Å²) in [4.78, 5) is 1.21. The fourth-order valence-electron chi connectivity index (χ4n) is 3.52. The first-order valence-corrected chi connectivity index (χ1v) is 10.6. The largest absolute Gasteiger partial charge is 0.356 e. The van der Waals surface area contributed by atoms with E-state index in [1.807, 2.05) is 24.3 Å². The van der Waals surface area contributed by atoms with Gasteiger partial charge in [0.2, 0.25) is 0 Å². The third kappa shape index (κ3) is 3.69. The fourth-order valence-corrected chi connectivity index (χ4v) is 4.56. The molecule has 4 aromatic carbocycles. The maximum atomic E-state index is 9.09. The quantitative estimate of drug-likeness (QED) is 0.332. The minimum atomic E-state index is 0.699. The van der Waals surface area contributed by atoms with E-state index in [1.165, 1.54) is 26.3 Å². The third-order valence-electron chi connectivity index (χ3n) is 5.10. The van der Waals surface area contributed by atoms with Crippen LogP contribution in [0.15, 0.2) is 103 Å². The van der Waals surface area contributed by atoms with Gasteiger partial charge in [0.05, 0.1) is 11.6 Å². The molecular weight excluding hydrogens is 384 g/mol. The molecule has 0 saturated carbocycles. The lowest BCUT2D eigenvalue weighted by Gasteiger charge is -2.08. The lowest BCUT2D eigenvalue weighted by atomic mass is 10.1. The lowest BCUT2D eigenvalue weighted by Crippen LogP contribution is -1.90. The zero-order valence-electron chi connectivity index (χ0n) is 16.2. The second-order valence-electron chi connectivity index (χ2n) is 7.12. The highest BCUT2D eigenvalue weighted by Gasteiger charge is 2.06. The third-order valence-corrected chi connectivity index (χ3v) is 6.26. The van der Waals surface area contributed by atoms with Gasteiger partial charge in [-0.05, 0) is 70.6 Å². The van der Waals surface area contributed by atoms with E-state index in [1.54, 1.807) is 11.3 Å². The van der Waals surface area contributed by atoms with Crippen molar-refractivity contribution in [1.29, 1.82) is 5.26 Å². The molecule has 0 bridgehead atoms. The maximum absolute atomic E-state index is 9.09. The van der Waals surface area contributed by atoms with Gasteiger partial charge in [-0.2, -0.15) is 5.26 Å². The predicted molar refractivity (Wildman–Crippen MR) is 127 cm³/mol. The summed E-state index contributed by atoms with van der Waals surface area (Å²) in [6.07, 6.45) is 0. The number of fused-ring (bicyclic) bond motifs is 1. The second kappa shape index (κ2) is 7.87. The van der Waals surface area contributed by atoms with Gasteiger partial charge in [-0.15, -0.1) is 11.3 Å². The molecule has 5 rings (SSSR count). The van der Waals surface area contributed by atoms with Crippen molar-refractivity contribution < 1.29 is 0 Å². The minimum absolute atomic E-state index is 0.699. The van der Waals surface area contributed by atoms with Crippen LogP contribution in [0, 0.1) is 11.3 Å². The standard InChI is InChI=1S/C27H18N2S/c28-18-19-6-15-26-23(16-19)17-27(30-26)22-9-13-25(14-10-22)29-24-11-7-21(8-12-24)20-4-2-1-3-5-20/h1-17,29H. The molecule has 0 aliphatic carbocycles. The first kappa shape index (κ1) is 18.2. The number of rotatable bonds is 4. The SMILES string of the molecule is N#Cc1ccc2sc(-c3ccc(Nc4ccc(-c5ccccc5)cc4)cc3)cc2c1. The number of hydrogen-bond acceptors (Lipinski definition) is 3. The number of nitrogens with zero attached hydrogens (tertiary/aromatic N) is 1. The van der Waals surface area contributed by atoms with Crippen molar-refractivity contribution >= 4 is 32.8 Å². The highest BCUT2D eigenvalue weighted by molar-refractivity contribution is 7.22. The van der Waals surface area contributed by atoms with E-state index < -0.39 is 0 Å². The fraction of sp³-hybridized carbons (Fsp3) is 0. The molecule has 5 aromatic rings. The van der Waals surface area contributed by atoms with Crippen molar-refractivity contribution in [3.63, 3.8) is 0 Å². The Morgan fingerprint density at radius 3 is 1.93 bits per heavy atom. The number of nitrogens with one attached hydrogen (secondary N) is 1. The Labute approximate surface area is 179 Å². The van der Waals surface area contributed by atoms with Crippen LogP contribution >= 0.6 is 11.3 Å². The molecule has 0 atom stereocenters. The molecule has 0 spiro atoms. The van der Waals surface area contributed by atoms with Crippen molar-refractivity contribution in [3.8, 4) is 27.6 Å². The number of anilines is 2. The van der Waals surface area contributed by atoms with Crippen molar-refractivity contribution in [2.75, 3.05) is 5.32 Å². The molecule has 1 heterocycles. The van der Waals surface area contributed by atoms with Gasteiger partial charge in [0.15, 0.2) is 0 Å². The first-order chi connectivity index (χ1) is 14.8. The summed E-state index contributed by atoms with van der Waals surface area (Å²) >= 11 is 1.75. The Balaban J connectivity index is 1.33. The number of thiophene rings is 1. The normalized spacial score (nSPS) is 10.6. The van der Waals surface area contributed by atoms with Crippen LogP contribution in [0.4, 0.5) is 11.4 Å². The number of nitriles is 1. The molecule has 0 aliphatic rings. The maximum Gasteiger partial charge on any atom is 0.0991 e. The number of benzene rings is 4. The smallest absolute Gasteiger partial charge is 0.0991 e. The van der Waals surface area contributed by atoms with Crippen molar-refractivity contribution in [1.82, 2.24) is 0 Å². The summed E-state index contributed by atoms with van der Waals surface area (Å²) in [5.74, 6) is 0. The second-order valence-corrected chi connectivity index (χ2v) is 8.20. The Morgan fingerprint density at radius 2 is 1.27 bits per heavy atom. The van der Waals surface area contributed by atoms with Crippen LogP contribution in [0.2, 0.25) is 0 Å². The molecule has 2 nitrogen and oxygen atoms in total. The predicted octanol–water partition coefficient (Wildman–Crippen LogP) is 7.85.